The van der Waals surface area contributed by atoms with Crippen LogP contribution in [0.3, 0.4) is 0 Å². The van der Waals surface area contributed by atoms with Crippen LogP contribution in [0.2, 0.25) is 25.7 Å². The first-order valence-electron chi connectivity index (χ1n) is 13.5. The highest BCUT2D eigenvalue weighted by molar-refractivity contribution is 9.10. The number of carbonyl (C=O) groups excluding carboxylic acids is 1. The molecule has 4 rings (SSSR count). The summed E-state index contributed by atoms with van der Waals surface area (Å²) in [5, 5.41) is 4.51. The molecular weight excluding hydrogens is 534 g/mol. The van der Waals surface area contributed by atoms with E-state index in [4.69, 9.17) is 10.5 Å². The molecule has 2 aromatic rings. The number of hydrogen-bond donors (Lipinski definition) is 1. The summed E-state index contributed by atoms with van der Waals surface area (Å²) in [4.78, 5) is 20.4. The largest absolute Gasteiger partial charge is 0.382 e. The van der Waals surface area contributed by atoms with Gasteiger partial charge in [-0.3, -0.25) is 4.79 Å². The zero-order valence-electron chi connectivity index (χ0n) is 22.2. The third-order valence-electron chi connectivity index (χ3n) is 7.76. The standard InChI is InChI=1S/C27H42BrN5O2Si/c1-36(2,3)17-16-35-20-33-23-19-32(18-22(23)25(29)31-33)26(34)27(14-7-8-15-27)13-6-4-5-10-21-11-9-12-24(28)30-21/h9,11-12H,4-8,10,13-20H2,1-3H3,(H2,29,31). The van der Waals surface area contributed by atoms with E-state index in [0.717, 1.165) is 92.0 Å². The quantitative estimate of drug-likeness (QED) is 0.186. The number of amides is 1. The molecule has 36 heavy (non-hydrogen) atoms. The lowest BCUT2D eigenvalue weighted by Crippen LogP contribution is -2.40. The lowest BCUT2D eigenvalue weighted by Gasteiger charge is -2.32. The van der Waals surface area contributed by atoms with Crippen molar-refractivity contribution in [1.82, 2.24) is 19.7 Å². The number of carbonyl (C=O) groups is 1. The van der Waals surface area contributed by atoms with E-state index < -0.39 is 8.07 Å². The van der Waals surface area contributed by atoms with Crippen LogP contribution in [0, 0.1) is 5.41 Å². The van der Waals surface area contributed by atoms with Gasteiger partial charge in [-0.25, -0.2) is 9.67 Å². The number of ether oxygens (including phenoxy) is 1. The van der Waals surface area contributed by atoms with Gasteiger partial charge >= 0.3 is 0 Å². The number of halogens is 1. The van der Waals surface area contributed by atoms with E-state index in [1.54, 1.807) is 0 Å². The molecule has 1 fully saturated rings. The third-order valence-corrected chi connectivity index (χ3v) is 9.91. The minimum Gasteiger partial charge on any atom is -0.382 e. The maximum atomic E-state index is 13.9. The zero-order chi connectivity index (χ0) is 25.8. The Morgan fingerprint density at radius 1 is 1.17 bits per heavy atom. The highest BCUT2D eigenvalue weighted by atomic mass is 79.9. The van der Waals surface area contributed by atoms with Crippen LogP contribution < -0.4 is 5.73 Å². The third kappa shape index (κ3) is 6.78. The number of rotatable bonds is 12. The van der Waals surface area contributed by atoms with Crippen LogP contribution in [0.4, 0.5) is 5.82 Å². The summed E-state index contributed by atoms with van der Waals surface area (Å²) >= 11 is 3.45. The molecule has 1 aliphatic heterocycles. The van der Waals surface area contributed by atoms with Gasteiger partial charge in [-0.05, 0) is 66.2 Å². The molecule has 2 aliphatic rings. The van der Waals surface area contributed by atoms with Crippen molar-refractivity contribution in [1.29, 1.82) is 0 Å². The van der Waals surface area contributed by atoms with E-state index in [-0.39, 0.29) is 5.41 Å². The van der Waals surface area contributed by atoms with Gasteiger partial charge in [0.15, 0.2) is 5.82 Å². The Morgan fingerprint density at radius 3 is 2.67 bits per heavy atom. The lowest BCUT2D eigenvalue weighted by molar-refractivity contribution is -0.143. The van der Waals surface area contributed by atoms with E-state index >= 15 is 0 Å². The second-order valence-electron chi connectivity index (χ2n) is 11.8. The molecule has 1 saturated carbocycles. The molecule has 0 spiro atoms. The monoisotopic (exact) mass is 575 g/mol. The maximum absolute atomic E-state index is 13.9. The van der Waals surface area contributed by atoms with Crippen molar-refractivity contribution in [3.8, 4) is 0 Å². The average molecular weight is 577 g/mol. The molecule has 0 atom stereocenters. The second-order valence-corrected chi connectivity index (χ2v) is 18.3. The summed E-state index contributed by atoms with van der Waals surface area (Å²) in [5.41, 5.74) is 9.23. The van der Waals surface area contributed by atoms with Gasteiger partial charge < -0.3 is 15.4 Å². The fourth-order valence-corrected chi connectivity index (χ4v) is 6.74. The average Bonchev–Trinajstić information content (AvgIpc) is 3.53. The number of anilines is 1. The molecule has 0 radical (unpaired) electrons. The number of hydrogen-bond acceptors (Lipinski definition) is 5. The molecule has 1 amide bonds. The topological polar surface area (TPSA) is 86.3 Å². The van der Waals surface area contributed by atoms with E-state index in [1.165, 1.54) is 0 Å². The number of pyridine rings is 1. The van der Waals surface area contributed by atoms with Crippen LogP contribution in [-0.4, -0.2) is 40.3 Å². The van der Waals surface area contributed by atoms with Crippen LogP contribution in [0.1, 0.15) is 68.3 Å². The van der Waals surface area contributed by atoms with Crippen LogP contribution in [0.5, 0.6) is 0 Å². The molecule has 2 N–H and O–H groups in total. The molecular formula is C27H42BrN5O2Si. The molecule has 0 unspecified atom stereocenters. The van der Waals surface area contributed by atoms with Crippen LogP contribution in [0.15, 0.2) is 22.8 Å². The summed E-state index contributed by atoms with van der Waals surface area (Å²) in [6.07, 6.45) is 9.59. The van der Waals surface area contributed by atoms with Crippen molar-refractivity contribution < 1.29 is 9.53 Å². The van der Waals surface area contributed by atoms with Crippen molar-refractivity contribution >= 4 is 35.7 Å². The van der Waals surface area contributed by atoms with Gasteiger partial charge in [-0.1, -0.05) is 51.4 Å². The van der Waals surface area contributed by atoms with Gasteiger partial charge in [-0.15, -0.1) is 0 Å². The Kier molecular flexibility index (Phi) is 8.94. The number of nitrogens with zero attached hydrogens (tertiary/aromatic N) is 4. The maximum Gasteiger partial charge on any atom is 0.229 e. The summed E-state index contributed by atoms with van der Waals surface area (Å²) in [5.74, 6) is 0.853. The Balaban J connectivity index is 1.30. The normalized spacial score (nSPS) is 17.1. The number of nitrogens with two attached hydrogens (primary N) is 1. The second kappa shape index (κ2) is 11.8. The molecule has 7 nitrogen and oxygen atoms in total. The summed E-state index contributed by atoms with van der Waals surface area (Å²) < 4.78 is 8.70. The Labute approximate surface area is 225 Å². The van der Waals surface area contributed by atoms with E-state index in [9.17, 15) is 4.79 Å². The molecule has 0 aromatic carbocycles. The number of nitrogen functional groups attached to an aromatic ring is 1. The van der Waals surface area contributed by atoms with Crippen molar-refractivity contribution in [2.75, 3.05) is 12.3 Å². The summed E-state index contributed by atoms with van der Waals surface area (Å²) in [7, 11) is -1.13. The first kappa shape index (κ1) is 27.3. The minimum absolute atomic E-state index is 0.210. The van der Waals surface area contributed by atoms with Crippen molar-refractivity contribution in [2.45, 2.75) is 103 Å². The fourth-order valence-electron chi connectivity index (χ4n) is 5.60. The molecule has 0 saturated heterocycles. The predicted octanol–water partition coefficient (Wildman–Crippen LogP) is 6.14. The number of unbranched alkanes of at least 4 members (excludes halogenated alkanes) is 2. The van der Waals surface area contributed by atoms with Gasteiger partial charge in [0, 0.05) is 31.4 Å². The van der Waals surface area contributed by atoms with E-state index in [1.807, 2.05) is 21.7 Å². The summed E-state index contributed by atoms with van der Waals surface area (Å²) in [6.45, 7) is 9.36. The number of fused-ring (bicyclic) bond motifs is 1. The van der Waals surface area contributed by atoms with Crippen LogP contribution in [-0.2, 0) is 35.8 Å². The minimum atomic E-state index is -1.13. The van der Waals surface area contributed by atoms with Gasteiger partial charge in [-0.2, -0.15) is 5.10 Å². The van der Waals surface area contributed by atoms with Crippen LogP contribution in [0.25, 0.3) is 0 Å². The Hall–Kier alpha value is -1.71. The van der Waals surface area contributed by atoms with Gasteiger partial charge in [0.1, 0.15) is 11.3 Å². The fraction of sp³-hybridized carbons (Fsp3) is 0.667. The van der Waals surface area contributed by atoms with Crippen molar-refractivity contribution in [3.63, 3.8) is 0 Å². The van der Waals surface area contributed by atoms with E-state index in [0.29, 0.717) is 31.5 Å². The van der Waals surface area contributed by atoms with E-state index in [2.05, 4.69) is 51.7 Å². The number of aryl methyl sites for hydroxylation is 1. The van der Waals surface area contributed by atoms with Crippen molar-refractivity contribution in [3.05, 3.63) is 39.8 Å². The molecule has 2 aromatic heterocycles. The smallest absolute Gasteiger partial charge is 0.229 e. The Morgan fingerprint density at radius 2 is 1.94 bits per heavy atom. The molecule has 1 aliphatic carbocycles. The zero-order valence-corrected chi connectivity index (χ0v) is 24.8. The Bertz CT molecular complexity index is 1050. The van der Waals surface area contributed by atoms with Gasteiger partial charge in [0.25, 0.3) is 0 Å². The lowest BCUT2D eigenvalue weighted by atomic mass is 9.79. The predicted molar refractivity (Wildman–Crippen MR) is 150 cm³/mol. The molecule has 0 bridgehead atoms. The molecule has 198 valence electrons. The van der Waals surface area contributed by atoms with Gasteiger partial charge in [0.05, 0.1) is 18.8 Å². The van der Waals surface area contributed by atoms with Crippen LogP contribution >= 0.6 is 15.9 Å². The SMILES string of the molecule is C[Si](C)(C)CCOCn1nc(N)c2c1CN(C(=O)C1(CCCCCc3cccc(Br)n3)CCCC1)C2. The molecule has 3 heterocycles. The van der Waals surface area contributed by atoms with Gasteiger partial charge in [0.2, 0.25) is 5.91 Å². The summed E-state index contributed by atoms with van der Waals surface area (Å²) in [6, 6.07) is 7.21. The highest BCUT2D eigenvalue weighted by Crippen LogP contribution is 2.45. The molecule has 9 heteroatoms. The first-order valence-corrected chi connectivity index (χ1v) is 18.0. The highest BCUT2D eigenvalue weighted by Gasteiger charge is 2.44. The van der Waals surface area contributed by atoms with Crippen molar-refractivity contribution in [2.24, 2.45) is 5.41 Å². The number of aromatic nitrogens is 3. The first-order chi connectivity index (χ1) is 17.2.